The lowest BCUT2D eigenvalue weighted by atomic mass is 10.0. The highest BCUT2D eigenvalue weighted by atomic mass is 16.5. The molecule has 0 spiro atoms. The van der Waals surface area contributed by atoms with Gasteiger partial charge in [-0.2, -0.15) is 0 Å². The molecule has 1 amide bonds. The Bertz CT molecular complexity index is 416. The van der Waals surface area contributed by atoms with E-state index in [9.17, 15) is 9.90 Å². The predicted octanol–water partition coefficient (Wildman–Crippen LogP) is 2.22. The summed E-state index contributed by atoms with van der Waals surface area (Å²) in [5, 5.41) is 12.0. The van der Waals surface area contributed by atoms with Crippen molar-refractivity contribution in [1.82, 2.24) is 5.32 Å². The molecule has 4 heteroatoms. The molecule has 2 N–H and O–H groups in total. The summed E-state index contributed by atoms with van der Waals surface area (Å²) < 4.78 is 5.55. The van der Waals surface area contributed by atoms with Crippen LogP contribution in [-0.4, -0.2) is 29.8 Å². The number of aliphatic hydroxyl groups excluding tert-OH is 1. The average Bonchev–Trinajstić information content (AvgIpc) is 2.34. The highest BCUT2D eigenvalue weighted by Gasteiger charge is 2.16. The van der Waals surface area contributed by atoms with E-state index < -0.39 is 0 Å². The lowest BCUT2D eigenvalue weighted by molar-refractivity contribution is 0.0896. The maximum Gasteiger partial charge on any atom is 0.251 e. The number of rotatable bonds is 6. The van der Waals surface area contributed by atoms with Crippen molar-refractivity contribution in [3.8, 4) is 5.75 Å². The molecule has 0 aliphatic rings. The normalized spacial score (nSPS) is 12.6. The maximum atomic E-state index is 12.1. The molecule has 4 nitrogen and oxygen atoms in total. The lowest BCUT2D eigenvalue weighted by Gasteiger charge is -2.20. The zero-order valence-electron chi connectivity index (χ0n) is 12.0. The Labute approximate surface area is 114 Å². The standard InChI is InChI=1S/C15H23NO3/c1-10(2)14(9-17)16-15(18)12-6-5-7-13(8-12)19-11(3)4/h5-8,10-11,14,17H,9H2,1-4H3,(H,16,18). The molecule has 0 aromatic heterocycles. The Morgan fingerprint density at radius 3 is 2.53 bits per heavy atom. The molecule has 1 aromatic carbocycles. The number of carbonyl (C=O) groups is 1. The Morgan fingerprint density at radius 2 is 2.00 bits per heavy atom. The van der Waals surface area contributed by atoms with Crippen LogP contribution in [0.2, 0.25) is 0 Å². The van der Waals surface area contributed by atoms with Gasteiger partial charge in [-0.05, 0) is 38.0 Å². The largest absolute Gasteiger partial charge is 0.491 e. The van der Waals surface area contributed by atoms with E-state index in [1.807, 2.05) is 33.8 Å². The molecule has 1 unspecified atom stereocenters. The van der Waals surface area contributed by atoms with Gasteiger partial charge in [0.2, 0.25) is 0 Å². The van der Waals surface area contributed by atoms with Crippen LogP contribution in [0, 0.1) is 5.92 Å². The van der Waals surface area contributed by atoms with E-state index in [1.165, 1.54) is 0 Å². The molecule has 0 fully saturated rings. The quantitative estimate of drug-likeness (QED) is 0.829. The van der Waals surface area contributed by atoms with Crippen LogP contribution in [0.25, 0.3) is 0 Å². The third kappa shape index (κ3) is 4.91. The molecule has 0 aliphatic heterocycles. The van der Waals surface area contributed by atoms with Gasteiger partial charge in [0.15, 0.2) is 0 Å². The molecule has 0 heterocycles. The van der Waals surface area contributed by atoms with Gasteiger partial charge in [-0.25, -0.2) is 0 Å². The van der Waals surface area contributed by atoms with Crippen LogP contribution in [0.5, 0.6) is 5.75 Å². The molecular formula is C15H23NO3. The van der Waals surface area contributed by atoms with Crippen molar-refractivity contribution in [2.45, 2.75) is 39.8 Å². The van der Waals surface area contributed by atoms with Crippen molar-refractivity contribution in [2.24, 2.45) is 5.92 Å². The molecule has 0 aliphatic carbocycles. The fourth-order valence-electron chi connectivity index (χ4n) is 1.66. The van der Waals surface area contributed by atoms with E-state index in [0.717, 1.165) is 0 Å². The molecule has 19 heavy (non-hydrogen) atoms. The van der Waals surface area contributed by atoms with Gasteiger partial charge >= 0.3 is 0 Å². The lowest BCUT2D eigenvalue weighted by Crippen LogP contribution is -2.41. The zero-order valence-corrected chi connectivity index (χ0v) is 12.0. The molecule has 106 valence electrons. The zero-order chi connectivity index (χ0) is 14.4. The van der Waals surface area contributed by atoms with Crippen LogP contribution in [0.1, 0.15) is 38.1 Å². The molecule has 0 saturated carbocycles. The van der Waals surface area contributed by atoms with E-state index in [0.29, 0.717) is 11.3 Å². The van der Waals surface area contributed by atoms with Gasteiger partial charge in [0.05, 0.1) is 18.8 Å². The van der Waals surface area contributed by atoms with Crippen LogP contribution in [0.3, 0.4) is 0 Å². The third-order valence-electron chi connectivity index (χ3n) is 2.79. The summed E-state index contributed by atoms with van der Waals surface area (Å²) in [6.45, 7) is 7.73. The number of amides is 1. The smallest absolute Gasteiger partial charge is 0.251 e. The first-order valence-corrected chi connectivity index (χ1v) is 6.62. The van der Waals surface area contributed by atoms with Gasteiger partial charge in [-0.3, -0.25) is 4.79 Å². The van der Waals surface area contributed by atoms with Crippen LogP contribution in [-0.2, 0) is 0 Å². The molecule has 1 aromatic rings. The van der Waals surface area contributed by atoms with Gasteiger partial charge in [-0.15, -0.1) is 0 Å². The first-order valence-electron chi connectivity index (χ1n) is 6.62. The molecule has 0 radical (unpaired) electrons. The van der Waals surface area contributed by atoms with Gasteiger partial charge in [0.1, 0.15) is 5.75 Å². The SMILES string of the molecule is CC(C)Oc1cccc(C(=O)NC(CO)C(C)C)c1. The Morgan fingerprint density at radius 1 is 1.32 bits per heavy atom. The fourth-order valence-corrected chi connectivity index (χ4v) is 1.66. The number of nitrogens with one attached hydrogen (secondary N) is 1. The minimum Gasteiger partial charge on any atom is -0.491 e. The van der Waals surface area contributed by atoms with Crippen LogP contribution < -0.4 is 10.1 Å². The van der Waals surface area contributed by atoms with Crippen molar-refractivity contribution in [3.05, 3.63) is 29.8 Å². The van der Waals surface area contributed by atoms with E-state index in [4.69, 9.17) is 4.74 Å². The summed E-state index contributed by atoms with van der Waals surface area (Å²) in [6, 6.07) is 6.82. The van der Waals surface area contributed by atoms with E-state index in [-0.39, 0.29) is 30.6 Å². The Hall–Kier alpha value is -1.55. The number of benzene rings is 1. The van der Waals surface area contributed by atoms with Crippen molar-refractivity contribution >= 4 is 5.91 Å². The summed E-state index contributed by atoms with van der Waals surface area (Å²) in [6.07, 6.45) is 0.0687. The second kappa shape index (κ2) is 7.14. The van der Waals surface area contributed by atoms with Crippen LogP contribution in [0.4, 0.5) is 0 Å². The number of hydrogen-bond donors (Lipinski definition) is 2. The van der Waals surface area contributed by atoms with Crippen molar-refractivity contribution in [3.63, 3.8) is 0 Å². The number of carbonyl (C=O) groups excluding carboxylic acids is 1. The highest BCUT2D eigenvalue weighted by molar-refractivity contribution is 5.94. The maximum absolute atomic E-state index is 12.1. The minimum atomic E-state index is -0.234. The predicted molar refractivity (Wildman–Crippen MR) is 75.4 cm³/mol. The van der Waals surface area contributed by atoms with Crippen molar-refractivity contribution < 1.29 is 14.6 Å². The van der Waals surface area contributed by atoms with Gasteiger partial charge in [0, 0.05) is 5.56 Å². The second-order valence-corrected chi connectivity index (χ2v) is 5.20. The van der Waals surface area contributed by atoms with Gasteiger partial charge < -0.3 is 15.2 Å². The van der Waals surface area contributed by atoms with Crippen molar-refractivity contribution in [1.29, 1.82) is 0 Å². The van der Waals surface area contributed by atoms with E-state index in [1.54, 1.807) is 18.2 Å². The van der Waals surface area contributed by atoms with Crippen LogP contribution in [0.15, 0.2) is 24.3 Å². The Balaban J connectivity index is 2.76. The summed E-state index contributed by atoms with van der Waals surface area (Å²) in [5.41, 5.74) is 0.539. The third-order valence-corrected chi connectivity index (χ3v) is 2.79. The number of ether oxygens (including phenoxy) is 1. The first-order chi connectivity index (χ1) is 8.93. The number of aliphatic hydroxyl groups is 1. The molecular weight excluding hydrogens is 242 g/mol. The Kier molecular flexibility index (Phi) is 5.83. The second-order valence-electron chi connectivity index (χ2n) is 5.20. The molecule has 1 atom stereocenters. The molecule has 1 rings (SSSR count). The monoisotopic (exact) mass is 265 g/mol. The number of hydrogen-bond acceptors (Lipinski definition) is 3. The average molecular weight is 265 g/mol. The summed E-state index contributed by atoms with van der Waals surface area (Å²) in [4.78, 5) is 12.1. The highest BCUT2D eigenvalue weighted by Crippen LogP contribution is 2.15. The molecule has 0 bridgehead atoms. The van der Waals surface area contributed by atoms with E-state index >= 15 is 0 Å². The van der Waals surface area contributed by atoms with Crippen LogP contribution >= 0.6 is 0 Å². The molecule has 0 saturated heterocycles. The summed E-state index contributed by atoms with van der Waals surface area (Å²) >= 11 is 0. The van der Waals surface area contributed by atoms with Gasteiger partial charge in [-0.1, -0.05) is 19.9 Å². The van der Waals surface area contributed by atoms with Crippen molar-refractivity contribution in [2.75, 3.05) is 6.61 Å². The topological polar surface area (TPSA) is 58.6 Å². The van der Waals surface area contributed by atoms with Gasteiger partial charge in [0.25, 0.3) is 5.91 Å². The summed E-state index contributed by atoms with van der Waals surface area (Å²) in [5.74, 6) is 0.666. The summed E-state index contributed by atoms with van der Waals surface area (Å²) in [7, 11) is 0. The first kappa shape index (κ1) is 15.5. The fraction of sp³-hybridized carbons (Fsp3) is 0.533. The minimum absolute atomic E-state index is 0.0639. The van der Waals surface area contributed by atoms with E-state index in [2.05, 4.69) is 5.32 Å².